The van der Waals surface area contributed by atoms with E-state index in [1.165, 1.54) is 0 Å². The third kappa shape index (κ3) is 3.36. The van der Waals surface area contributed by atoms with Gasteiger partial charge in [0.15, 0.2) is 6.61 Å². The number of benzene rings is 1. The second-order valence-electron chi connectivity index (χ2n) is 8.63. The lowest BCUT2D eigenvalue weighted by molar-refractivity contribution is -0.123. The fourth-order valence-electron chi connectivity index (χ4n) is 4.17. The molecule has 28 heavy (non-hydrogen) atoms. The van der Waals surface area contributed by atoms with Gasteiger partial charge in [0.1, 0.15) is 22.7 Å². The van der Waals surface area contributed by atoms with Gasteiger partial charge in [-0.1, -0.05) is 0 Å². The summed E-state index contributed by atoms with van der Waals surface area (Å²) in [6.07, 6.45) is 4.08. The molecule has 6 nitrogen and oxygen atoms in total. The number of ether oxygens (including phenoxy) is 2. The average Bonchev–Trinajstić information content (AvgIpc) is 3.08. The Kier molecular flexibility index (Phi) is 4.60. The van der Waals surface area contributed by atoms with Crippen LogP contribution in [0.4, 0.5) is 0 Å². The van der Waals surface area contributed by atoms with Crippen molar-refractivity contribution < 1.29 is 18.7 Å². The van der Waals surface area contributed by atoms with Gasteiger partial charge in [-0.25, -0.2) is 4.79 Å². The summed E-state index contributed by atoms with van der Waals surface area (Å²) >= 11 is 0. The normalized spacial score (nSPS) is 17.2. The van der Waals surface area contributed by atoms with Crippen molar-refractivity contribution >= 4 is 16.9 Å². The minimum Gasteiger partial charge on any atom is -0.487 e. The van der Waals surface area contributed by atoms with Crippen molar-refractivity contribution in [2.75, 3.05) is 6.61 Å². The maximum Gasteiger partial charge on any atom is 0.339 e. The van der Waals surface area contributed by atoms with Gasteiger partial charge in [-0.15, -0.1) is 0 Å². The van der Waals surface area contributed by atoms with Crippen LogP contribution < -0.4 is 20.4 Å². The highest BCUT2D eigenvalue weighted by Crippen LogP contribution is 2.44. The van der Waals surface area contributed by atoms with E-state index >= 15 is 0 Å². The van der Waals surface area contributed by atoms with Gasteiger partial charge >= 0.3 is 5.63 Å². The van der Waals surface area contributed by atoms with Gasteiger partial charge in [0.2, 0.25) is 0 Å². The van der Waals surface area contributed by atoms with Gasteiger partial charge in [0, 0.05) is 23.2 Å². The average molecular weight is 385 g/mol. The molecule has 0 saturated heterocycles. The molecule has 0 radical (unpaired) electrons. The second kappa shape index (κ2) is 6.83. The molecule has 1 aliphatic carbocycles. The molecule has 1 N–H and O–H groups in total. The Hall–Kier alpha value is -2.50. The van der Waals surface area contributed by atoms with E-state index in [4.69, 9.17) is 13.9 Å². The fraction of sp³-hybridized carbons (Fsp3) is 0.545. The number of amides is 1. The second-order valence-corrected chi connectivity index (χ2v) is 8.63. The van der Waals surface area contributed by atoms with Crippen LogP contribution in [0.1, 0.15) is 57.2 Å². The standard InChI is InChI=1S/C22H27NO5/c1-12(2)23-18(24)11-26-17-10-16-15(8-9-22(3,4)28-16)20-19(17)13-6-5-7-14(13)21(25)27-20/h10,12H,5-9,11H2,1-4H3,(H,23,24). The Morgan fingerprint density at radius 1 is 1.21 bits per heavy atom. The molecule has 4 rings (SSSR count). The summed E-state index contributed by atoms with van der Waals surface area (Å²) in [5, 5.41) is 3.65. The van der Waals surface area contributed by atoms with E-state index in [1.54, 1.807) is 0 Å². The molecule has 1 aliphatic heterocycles. The van der Waals surface area contributed by atoms with Crippen molar-refractivity contribution in [2.24, 2.45) is 0 Å². The number of aryl methyl sites for hydroxylation is 2. The number of hydrogen-bond acceptors (Lipinski definition) is 5. The zero-order valence-corrected chi connectivity index (χ0v) is 16.9. The number of carbonyl (C=O) groups excluding carboxylic acids is 1. The van der Waals surface area contributed by atoms with Gasteiger partial charge in [0.05, 0.1) is 5.39 Å². The molecule has 0 bridgehead atoms. The van der Waals surface area contributed by atoms with Crippen LogP contribution in [0.3, 0.4) is 0 Å². The van der Waals surface area contributed by atoms with Crippen molar-refractivity contribution in [1.29, 1.82) is 0 Å². The molecule has 6 heteroatoms. The van der Waals surface area contributed by atoms with Crippen LogP contribution in [0.5, 0.6) is 11.5 Å². The lowest BCUT2D eigenvalue weighted by atomic mass is 9.91. The smallest absolute Gasteiger partial charge is 0.339 e. The topological polar surface area (TPSA) is 77.8 Å². The van der Waals surface area contributed by atoms with E-state index in [-0.39, 0.29) is 29.8 Å². The van der Waals surface area contributed by atoms with Crippen LogP contribution >= 0.6 is 0 Å². The highest BCUT2D eigenvalue weighted by Gasteiger charge is 2.32. The minimum atomic E-state index is -0.302. The lowest BCUT2D eigenvalue weighted by Crippen LogP contribution is -2.34. The zero-order valence-electron chi connectivity index (χ0n) is 16.9. The first-order chi connectivity index (χ1) is 13.2. The van der Waals surface area contributed by atoms with Crippen LogP contribution in [-0.2, 0) is 24.1 Å². The SMILES string of the molecule is CC(C)NC(=O)COc1cc2c(c3oc(=O)c4c(c13)CCC4)CCC(C)(C)O2. The zero-order chi connectivity index (χ0) is 20.1. The molecule has 1 aromatic heterocycles. The predicted molar refractivity (Wildman–Crippen MR) is 106 cm³/mol. The highest BCUT2D eigenvalue weighted by atomic mass is 16.5. The lowest BCUT2D eigenvalue weighted by Gasteiger charge is -2.33. The summed E-state index contributed by atoms with van der Waals surface area (Å²) in [4.78, 5) is 24.6. The van der Waals surface area contributed by atoms with Gasteiger partial charge < -0.3 is 19.2 Å². The predicted octanol–water partition coefficient (Wildman–Crippen LogP) is 3.29. The molecule has 2 heterocycles. The molecular formula is C22H27NO5. The summed E-state index contributed by atoms with van der Waals surface area (Å²) in [6.45, 7) is 7.79. The summed E-state index contributed by atoms with van der Waals surface area (Å²) in [5.41, 5.74) is 2.64. The van der Waals surface area contributed by atoms with E-state index < -0.39 is 0 Å². The van der Waals surface area contributed by atoms with Crippen molar-refractivity contribution in [1.82, 2.24) is 5.32 Å². The van der Waals surface area contributed by atoms with Crippen LogP contribution in [0.15, 0.2) is 15.3 Å². The molecule has 0 unspecified atom stereocenters. The Balaban J connectivity index is 1.84. The first-order valence-corrected chi connectivity index (χ1v) is 10.0. The van der Waals surface area contributed by atoms with Gasteiger partial charge in [0.25, 0.3) is 5.91 Å². The largest absolute Gasteiger partial charge is 0.487 e. The van der Waals surface area contributed by atoms with E-state index in [0.717, 1.165) is 54.2 Å². The molecule has 0 fully saturated rings. The van der Waals surface area contributed by atoms with E-state index in [0.29, 0.717) is 17.1 Å². The van der Waals surface area contributed by atoms with E-state index in [1.807, 2.05) is 33.8 Å². The minimum absolute atomic E-state index is 0.0442. The summed E-state index contributed by atoms with van der Waals surface area (Å²) in [6, 6.07) is 1.91. The van der Waals surface area contributed by atoms with Crippen molar-refractivity contribution in [3.63, 3.8) is 0 Å². The van der Waals surface area contributed by atoms with Crippen LogP contribution in [0.2, 0.25) is 0 Å². The monoisotopic (exact) mass is 385 g/mol. The maximum absolute atomic E-state index is 12.5. The summed E-state index contributed by atoms with van der Waals surface area (Å²) in [5.74, 6) is 1.03. The molecule has 0 saturated carbocycles. The summed E-state index contributed by atoms with van der Waals surface area (Å²) in [7, 11) is 0. The fourth-order valence-corrected chi connectivity index (χ4v) is 4.17. The molecule has 1 aromatic carbocycles. The molecule has 150 valence electrons. The Morgan fingerprint density at radius 3 is 2.71 bits per heavy atom. The maximum atomic E-state index is 12.5. The van der Waals surface area contributed by atoms with Gasteiger partial charge in [-0.2, -0.15) is 0 Å². The van der Waals surface area contributed by atoms with Crippen molar-refractivity contribution in [2.45, 2.75) is 71.4 Å². The number of rotatable bonds is 4. The molecule has 0 spiro atoms. The number of carbonyl (C=O) groups is 1. The number of nitrogens with one attached hydrogen (secondary N) is 1. The van der Waals surface area contributed by atoms with Gasteiger partial charge in [-0.05, 0) is 65.4 Å². The first-order valence-electron chi connectivity index (χ1n) is 10.0. The quantitative estimate of drug-likeness (QED) is 0.817. The highest BCUT2D eigenvalue weighted by molar-refractivity contribution is 5.93. The van der Waals surface area contributed by atoms with Crippen LogP contribution in [0, 0.1) is 0 Å². The Morgan fingerprint density at radius 2 is 1.96 bits per heavy atom. The number of hydrogen-bond donors (Lipinski definition) is 1. The Bertz CT molecular complexity index is 1000. The third-order valence-electron chi connectivity index (χ3n) is 5.44. The molecule has 0 atom stereocenters. The van der Waals surface area contributed by atoms with Crippen LogP contribution in [-0.4, -0.2) is 24.2 Å². The molecule has 2 aromatic rings. The van der Waals surface area contributed by atoms with Crippen molar-refractivity contribution in [3.8, 4) is 11.5 Å². The first kappa shape index (κ1) is 18.8. The van der Waals surface area contributed by atoms with Gasteiger partial charge in [-0.3, -0.25) is 4.79 Å². The third-order valence-corrected chi connectivity index (χ3v) is 5.44. The van der Waals surface area contributed by atoms with E-state index in [2.05, 4.69) is 5.32 Å². The molecule has 1 amide bonds. The van der Waals surface area contributed by atoms with Crippen molar-refractivity contribution in [3.05, 3.63) is 33.2 Å². The molecule has 2 aliphatic rings. The summed E-state index contributed by atoms with van der Waals surface area (Å²) < 4.78 is 17.9. The Labute approximate surface area is 164 Å². The number of fused-ring (bicyclic) bond motifs is 5. The van der Waals surface area contributed by atoms with E-state index in [9.17, 15) is 9.59 Å². The van der Waals surface area contributed by atoms with Crippen LogP contribution in [0.25, 0.3) is 11.0 Å². The molecular weight excluding hydrogens is 358 g/mol.